The summed E-state index contributed by atoms with van der Waals surface area (Å²) in [6.45, 7) is 0.878. The van der Waals surface area contributed by atoms with Crippen molar-refractivity contribution < 1.29 is 22.9 Å². The molecule has 0 fully saturated rings. The fraction of sp³-hybridized carbons (Fsp3) is 0.381. The molecule has 148 valence electrons. The second kappa shape index (κ2) is 7.19. The lowest BCUT2D eigenvalue weighted by atomic mass is 10.0. The third-order valence-electron chi connectivity index (χ3n) is 5.52. The molecule has 1 unspecified atom stereocenters. The summed E-state index contributed by atoms with van der Waals surface area (Å²) in [6, 6.07) is 12.8. The van der Waals surface area contributed by atoms with Crippen molar-refractivity contribution in [1.29, 1.82) is 0 Å². The van der Waals surface area contributed by atoms with Crippen molar-refractivity contribution >= 4 is 27.5 Å². The second-order valence-electron chi connectivity index (χ2n) is 7.34. The zero-order valence-electron chi connectivity index (χ0n) is 15.2. The number of amidine groups is 1. The van der Waals surface area contributed by atoms with Crippen molar-refractivity contribution in [1.82, 2.24) is 0 Å². The highest BCUT2D eigenvalue weighted by Gasteiger charge is 2.52. The molecule has 1 N–H and O–H groups in total. The van der Waals surface area contributed by atoms with Gasteiger partial charge in [0.2, 0.25) is 0 Å². The number of hydrogen-bond donors (Lipinski definition) is 1. The van der Waals surface area contributed by atoms with E-state index in [2.05, 4.69) is 15.9 Å². The number of nitrogens with zero attached hydrogens (tertiary/aromatic N) is 2. The van der Waals surface area contributed by atoms with Gasteiger partial charge in [0.15, 0.2) is 6.54 Å². The Labute approximate surface area is 170 Å². The molecular weight excluding hydrogens is 433 g/mol. The highest BCUT2D eigenvalue weighted by Crippen LogP contribution is 2.38. The van der Waals surface area contributed by atoms with Gasteiger partial charge in [-0.25, -0.2) is 9.48 Å². The molecule has 1 atom stereocenters. The fourth-order valence-corrected chi connectivity index (χ4v) is 4.39. The van der Waals surface area contributed by atoms with E-state index < -0.39 is 17.5 Å². The van der Waals surface area contributed by atoms with Crippen LogP contribution in [0.1, 0.15) is 36.8 Å². The molecule has 0 bridgehead atoms. The van der Waals surface area contributed by atoms with Crippen molar-refractivity contribution in [3.05, 3.63) is 64.1 Å². The van der Waals surface area contributed by atoms with E-state index in [-0.39, 0.29) is 6.54 Å². The lowest BCUT2D eigenvalue weighted by Crippen LogP contribution is -2.41. The lowest BCUT2D eigenvalue weighted by Gasteiger charge is -2.23. The zero-order chi connectivity index (χ0) is 19.9. The van der Waals surface area contributed by atoms with Crippen LogP contribution >= 0.6 is 15.9 Å². The Morgan fingerprint density at radius 3 is 2.50 bits per heavy atom. The van der Waals surface area contributed by atoms with E-state index in [0.717, 1.165) is 47.6 Å². The third-order valence-corrected chi connectivity index (χ3v) is 6.05. The van der Waals surface area contributed by atoms with Gasteiger partial charge in [0.1, 0.15) is 5.69 Å². The summed E-state index contributed by atoms with van der Waals surface area (Å²) in [5.74, 6) is 0.891. The number of β-amino-alcohol motifs (C(OH)–C–C–N with tert-alkyl or cyclic N) is 1. The molecule has 0 aromatic heterocycles. The van der Waals surface area contributed by atoms with E-state index in [1.807, 2.05) is 33.7 Å². The molecule has 4 rings (SSSR count). The number of anilines is 1. The first-order valence-corrected chi connectivity index (χ1v) is 10.1. The van der Waals surface area contributed by atoms with Crippen LogP contribution in [0.4, 0.5) is 18.9 Å². The van der Waals surface area contributed by atoms with Gasteiger partial charge in [-0.05, 0) is 49.6 Å². The minimum absolute atomic E-state index is 0.200. The van der Waals surface area contributed by atoms with E-state index in [0.29, 0.717) is 12.2 Å². The van der Waals surface area contributed by atoms with Crippen molar-refractivity contribution in [3.63, 3.8) is 0 Å². The summed E-state index contributed by atoms with van der Waals surface area (Å²) in [6.07, 6.45) is -0.732. The summed E-state index contributed by atoms with van der Waals surface area (Å²) >= 11 is 3.41. The van der Waals surface area contributed by atoms with Crippen molar-refractivity contribution in [2.75, 3.05) is 18.0 Å². The van der Waals surface area contributed by atoms with Crippen LogP contribution in [0.3, 0.4) is 0 Å². The molecule has 0 spiro atoms. The number of halogens is 4. The molecule has 0 saturated carbocycles. The van der Waals surface area contributed by atoms with E-state index in [9.17, 15) is 18.3 Å². The topological polar surface area (TPSA) is 26.5 Å². The van der Waals surface area contributed by atoms with Crippen LogP contribution in [0.2, 0.25) is 0 Å². The van der Waals surface area contributed by atoms with Gasteiger partial charge in [-0.3, -0.25) is 0 Å². The van der Waals surface area contributed by atoms with Crippen LogP contribution in [-0.2, 0) is 11.9 Å². The smallest absolute Gasteiger partial charge is 0.346 e. The van der Waals surface area contributed by atoms with Gasteiger partial charge in [-0.15, -0.1) is 0 Å². The van der Waals surface area contributed by atoms with Crippen LogP contribution in [0.25, 0.3) is 0 Å². The Hall–Kier alpha value is -1.86. The Bertz CT molecular complexity index is 911. The van der Waals surface area contributed by atoms with Crippen molar-refractivity contribution in [2.24, 2.45) is 0 Å². The van der Waals surface area contributed by atoms with Gasteiger partial charge in [-0.2, -0.15) is 13.2 Å². The summed E-state index contributed by atoms with van der Waals surface area (Å²) < 4.78 is 42.5. The number of alkyl halides is 3. The third kappa shape index (κ3) is 3.46. The molecule has 0 radical (unpaired) electrons. The van der Waals surface area contributed by atoms with E-state index in [4.69, 9.17) is 0 Å². The minimum atomic E-state index is -4.40. The molecule has 2 aromatic carbocycles. The van der Waals surface area contributed by atoms with Crippen molar-refractivity contribution in [3.8, 4) is 0 Å². The molecule has 2 heterocycles. The average molecular weight is 454 g/mol. The molecule has 0 amide bonds. The van der Waals surface area contributed by atoms with Crippen LogP contribution in [-0.4, -0.2) is 28.6 Å². The predicted octanol–water partition coefficient (Wildman–Crippen LogP) is 5.12. The van der Waals surface area contributed by atoms with E-state index in [1.54, 1.807) is 6.07 Å². The van der Waals surface area contributed by atoms with E-state index >= 15 is 0 Å². The van der Waals surface area contributed by atoms with E-state index in [1.165, 1.54) is 12.1 Å². The van der Waals surface area contributed by atoms with Crippen molar-refractivity contribution in [2.45, 2.75) is 37.6 Å². The number of rotatable bonds is 2. The Morgan fingerprint density at radius 1 is 1.04 bits per heavy atom. The highest BCUT2D eigenvalue weighted by atomic mass is 79.9. The summed E-state index contributed by atoms with van der Waals surface area (Å²) in [5.41, 5.74) is -0.742. The number of hydrogen-bond acceptors (Lipinski definition) is 2. The fourth-order valence-electron chi connectivity index (χ4n) is 4.12. The first-order chi connectivity index (χ1) is 13.3. The molecule has 2 aliphatic heterocycles. The second-order valence-corrected chi connectivity index (χ2v) is 8.25. The molecule has 3 nitrogen and oxygen atoms in total. The molecule has 28 heavy (non-hydrogen) atoms. The Morgan fingerprint density at radius 2 is 1.79 bits per heavy atom. The molecular formula is C21H21BrF3N2O+. The van der Waals surface area contributed by atoms with Crippen LogP contribution < -0.4 is 4.90 Å². The van der Waals surface area contributed by atoms with Crippen LogP contribution in [0.15, 0.2) is 53.0 Å². The number of aliphatic hydroxyl groups is 1. The molecule has 0 saturated heterocycles. The quantitative estimate of drug-likeness (QED) is 0.638. The minimum Gasteiger partial charge on any atom is -0.346 e. The van der Waals surface area contributed by atoms with Crippen LogP contribution in [0, 0.1) is 0 Å². The maximum absolute atomic E-state index is 13.2. The maximum atomic E-state index is 13.2. The van der Waals surface area contributed by atoms with Crippen LogP contribution in [0.5, 0.6) is 0 Å². The summed E-state index contributed by atoms with van der Waals surface area (Å²) in [4.78, 5) is 1.85. The highest BCUT2D eigenvalue weighted by molar-refractivity contribution is 9.10. The lowest BCUT2D eigenvalue weighted by molar-refractivity contribution is -0.658. The molecule has 0 aliphatic carbocycles. The first-order valence-electron chi connectivity index (χ1n) is 9.36. The van der Waals surface area contributed by atoms with Gasteiger partial charge >= 0.3 is 6.18 Å². The van der Waals surface area contributed by atoms with Gasteiger partial charge in [0, 0.05) is 16.5 Å². The average Bonchev–Trinajstić information content (AvgIpc) is 2.82. The molecule has 2 aromatic rings. The molecule has 2 aliphatic rings. The van der Waals surface area contributed by atoms with Gasteiger partial charge in [0.25, 0.3) is 11.6 Å². The largest absolute Gasteiger partial charge is 0.416 e. The monoisotopic (exact) mass is 453 g/mol. The zero-order valence-corrected chi connectivity index (χ0v) is 16.8. The van der Waals surface area contributed by atoms with Gasteiger partial charge in [-0.1, -0.05) is 34.1 Å². The summed E-state index contributed by atoms with van der Waals surface area (Å²) in [7, 11) is 0. The number of benzene rings is 2. The SMILES string of the molecule is OC1(c2ccc(Br)cc2)CN(c2cccc(C(F)(F)F)c2)C2=[N+]1CCCCC2. The standard InChI is InChI=1S/C21H21BrF3N2O/c22-17-10-8-15(9-11-17)20(28)14-26(19-7-2-1-3-12-27(19)20)18-6-4-5-16(13-18)21(23,24)25/h4-6,8-11,13,28H,1-3,7,12,14H2/q+1. The Kier molecular flexibility index (Phi) is 5.00. The normalized spacial score (nSPS) is 23.0. The molecule has 7 heteroatoms. The predicted molar refractivity (Wildman–Crippen MR) is 105 cm³/mol. The van der Waals surface area contributed by atoms with Gasteiger partial charge < -0.3 is 5.11 Å². The summed E-state index contributed by atoms with van der Waals surface area (Å²) in [5, 5.41) is 11.7. The first kappa shape index (κ1) is 19.5. The Balaban J connectivity index is 1.80. The maximum Gasteiger partial charge on any atom is 0.416 e. The van der Waals surface area contributed by atoms with Gasteiger partial charge in [0.05, 0.1) is 12.1 Å².